The van der Waals surface area contributed by atoms with E-state index < -0.39 is 0 Å². The minimum absolute atomic E-state index is 1.02. The van der Waals surface area contributed by atoms with Crippen molar-refractivity contribution in [3.8, 4) is 0 Å². The van der Waals surface area contributed by atoms with Crippen LogP contribution in [-0.2, 0) is 0 Å². The topological polar surface area (TPSA) is 12.4 Å². The largest absolute Gasteiger partial charge is 0.242 e. The number of unbranched alkanes of at least 4 members (excludes halogenated alkanes) is 3. The molecule has 0 aromatic heterocycles. The molecule has 0 N–H and O–H groups in total. The molecule has 0 atom stereocenters. The molecular formula is C22H27NS2. The number of thioether (sulfide) groups is 2. The van der Waals surface area contributed by atoms with Crippen LogP contribution in [-0.4, -0.2) is 10.8 Å². The maximum atomic E-state index is 4.89. The molecule has 25 heavy (non-hydrogen) atoms. The van der Waals surface area contributed by atoms with Crippen LogP contribution in [0.5, 0.6) is 0 Å². The van der Waals surface area contributed by atoms with Crippen molar-refractivity contribution in [2.45, 2.75) is 44.4 Å². The van der Waals surface area contributed by atoms with Crippen LogP contribution in [0, 0.1) is 0 Å². The SMILES string of the molecule is CCCCCCSC(=N\c1ccccc1)/C(C)=C/Sc1ccccc1. The predicted octanol–water partition coefficient (Wildman–Crippen LogP) is 7.73. The number of benzene rings is 2. The van der Waals surface area contributed by atoms with Crippen molar-refractivity contribution in [1.82, 2.24) is 0 Å². The summed E-state index contributed by atoms with van der Waals surface area (Å²) in [6.07, 6.45) is 5.17. The highest BCUT2D eigenvalue weighted by molar-refractivity contribution is 8.14. The van der Waals surface area contributed by atoms with Gasteiger partial charge in [-0.1, -0.05) is 74.3 Å². The number of rotatable bonds is 9. The Bertz CT molecular complexity index is 663. The molecule has 0 heterocycles. The molecule has 0 aliphatic heterocycles. The van der Waals surface area contributed by atoms with Crippen molar-refractivity contribution in [2.24, 2.45) is 4.99 Å². The van der Waals surface area contributed by atoms with E-state index in [0.29, 0.717) is 0 Å². The lowest BCUT2D eigenvalue weighted by atomic mass is 10.2. The molecule has 0 unspecified atom stereocenters. The maximum absolute atomic E-state index is 4.89. The van der Waals surface area contributed by atoms with Crippen molar-refractivity contribution in [3.05, 3.63) is 71.6 Å². The Kier molecular flexibility index (Phi) is 9.53. The summed E-state index contributed by atoms with van der Waals surface area (Å²) in [5.41, 5.74) is 2.26. The zero-order valence-corrected chi connectivity index (χ0v) is 16.8. The van der Waals surface area contributed by atoms with Crippen molar-refractivity contribution < 1.29 is 0 Å². The number of hydrogen-bond donors (Lipinski definition) is 0. The first-order valence-corrected chi connectivity index (χ1v) is 10.8. The van der Waals surface area contributed by atoms with Gasteiger partial charge in [0.15, 0.2) is 0 Å². The second kappa shape index (κ2) is 12.0. The van der Waals surface area contributed by atoms with Crippen LogP contribution in [0.4, 0.5) is 5.69 Å². The lowest BCUT2D eigenvalue weighted by Gasteiger charge is -2.08. The first kappa shape index (κ1) is 19.9. The maximum Gasteiger partial charge on any atom is 0.100 e. The number of nitrogens with zero attached hydrogens (tertiary/aromatic N) is 1. The molecule has 2 aromatic rings. The van der Waals surface area contributed by atoms with Crippen LogP contribution < -0.4 is 0 Å². The van der Waals surface area contributed by atoms with E-state index in [1.54, 1.807) is 11.8 Å². The van der Waals surface area contributed by atoms with Crippen molar-refractivity contribution in [1.29, 1.82) is 0 Å². The third-order valence-corrected chi connectivity index (χ3v) is 5.87. The predicted molar refractivity (Wildman–Crippen MR) is 116 cm³/mol. The lowest BCUT2D eigenvalue weighted by Crippen LogP contribution is -1.96. The molecule has 0 saturated heterocycles. The molecule has 0 bridgehead atoms. The average molecular weight is 370 g/mol. The van der Waals surface area contributed by atoms with Crippen LogP contribution in [0.2, 0.25) is 0 Å². The van der Waals surface area contributed by atoms with Gasteiger partial charge in [-0.25, -0.2) is 4.99 Å². The van der Waals surface area contributed by atoms with E-state index in [4.69, 9.17) is 4.99 Å². The second-order valence-corrected chi connectivity index (χ2v) is 7.92. The summed E-state index contributed by atoms with van der Waals surface area (Å²) in [6.45, 7) is 4.42. The summed E-state index contributed by atoms with van der Waals surface area (Å²) in [5, 5.41) is 3.35. The van der Waals surface area contributed by atoms with Crippen LogP contribution in [0.25, 0.3) is 0 Å². The quantitative estimate of drug-likeness (QED) is 0.194. The van der Waals surface area contributed by atoms with Crippen molar-refractivity contribution in [2.75, 3.05) is 5.75 Å². The van der Waals surface area contributed by atoms with Crippen LogP contribution >= 0.6 is 23.5 Å². The first-order chi connectivity index (χ1) is 12.3. The molecular weight excluding hydrogens is 342 g/mol. The van der Waals surface area contributed by atoms with Gasteiger partial charge < -0.3 is 0 Å². The summed E-state index contributed by atoms with van der Waals surface area (Å²) >= 11 is 3.64. The minimum Gasteiger partial charge on any atom is -0.242 e. The molecule has 0 spiro atoms. The van der Waals surface area contributed by atoms with E-state index >= 15 is 0 Å². The van der Waals surface area contributed by atoms with Gasteiger partial charge in [0.2, 0.25) is 0 Å². The van der Waals surface area contributed by atoms with Crippen molar-refractivity contribution >= 4 is 34.3 Å². The fourth-order valence-corrected chi connectivity index (χ4v) is 4.07. The number of aliphatic imine (C=N–C) groups is 1. The number of para-hydroxylation sites is 1. The molecule has 132 valence electrons. The normalized spacial score (nSPS) is 12.4. The summed E-state index contributed by atoms with van der Waals surface area (Å²) in [6, 6.07) is 20.7. The van der Waals surface area contributed by atoms with Gasteiger partial charge in [0, 0.05) is 4.90 Å². The third kappa shape index (κ3) is 7.98. The fourth-order valence-electron chi connectivity index (χ4n) is 2.26. The molecule has 0 amide bonds. The summed E-state index contributed by atoms with van der Waals surface area (Å²) in [4.78, 5) is 6.14. The van der Waals surface area contributed by atoms with Crippen LogP contribution in [0.15, 0.2) is 81.5 Å². The fraction of sp³-hybridized carbons (Fsp3) is 0.318. The number of hydrogen-bond acceptors (Lipinski definition) is 3. The molecule has 2 rings (SSSR count). The Morgan fingerprint density at radius 1 is 0.920 bits per heavy atom. The smallest absolute Gasteiger partial charge is 0.100 e. The molecule has 0 fully saturated rings. The summed E-state index contributed by atoms with van der Waals surface area (Å²) < 4.78 is 0. The molecule has 0 aliphatic rings. The van der Waals surface area contributed by atoms with Gasteiger partial charge in [0.05, 0.1) is 5.69 Å². The van der Waals surface area contributed by atoms with Gasteiger partial charge in [0.25, 0.3) is 0 Å². The van der Waals surface area contributed by atoms with Crippen molar-refractivity contribution in [3.63, 3.8) is 0 Å². The molecule has 3 heteroatoms. The average Bonchev–Trinajstić information content (AvgIpc) is 2.66. The highest BCUT2D eigenvalue weighted by Gasteiger charge is 2.05. The Labute approximate surface area is 161 Å². The van der Waals surface area contributed by atoms with Gasteiger partial charge in [-0.05, 0) is 54.3 Å². The Hall–Kier alpha value is -1.45. The zero-order valence-electron chi connectivity index (χ0n) is 15.2. The van der Waals surface area contributed by atoms with Gasteiger partial charge in [-0.2, -0.15) is 0 Å². The van der Waals surface area contributed by atoms with E-state index in [0.717, 1.165) is 16.5 Å². The van der Waals surface area contributed by atoms with E-state index in [9.17, 15) is 0 Å². The molecule has 2 aromatic carbocycles. The monoisotopic (exact) mass is 369 g/mol. The molecule has 0 radical (unpaired) electrons. The highest BCUT2D eigenvalue weighted by Crippen LogP contribution is 2.25. The standard InChI is InChI=1S/C22H27NS2/c1-3-4-5-12-17-24-22(23-20-13-8-6-9-14-20)19(2)18-25-21-15-10-7-11-16-21/h6-11,13-16,18H,3-5,12,17H2,1-2H3/b19-18+,23-22-. The Morgan fingerprint density at radius 3 is 2.28 bits per heavy atom. The van der Waals surface area contributed by atoms with Gasteiger partial charge in [-0.15, -0.1) is 11.8 Å². The van der Waals surface area contributed by atoms with E-state index in [1.165, 1.54) is 36.2 Å². The molecule has 0 aliphatic carbocycles. The minimum atomic E-state index is 1.02. The highest BCUT2D eigenvalue weighted by atomic mass is 32.2. The summed E-state index contributed by atoms with van der Waals surface area (Å²) in [5.74, 6) is 1.13. The Morgan fingerprint density at radius 2 is 1.60 bits per heavy atom. The van der Waals surface area contributed by atoms with Gasteiger partial charge >= 0.3 is 0 Å². The van der Waals surface area contributed by atoms with E-state index in [-0.39, 0.29) is 0 Å². The molecule has 0 saturated carbocycles. The van der Waals surface area contributed by atoms with Crippen LogP contribution in [0.3, 0.4) is 0 Å². The van der Waals surface area contributed by atoms with Gasteiger partial charge in [-0.3, -0.25) is 0 Å². The van der Waals surface area contributed by atoms with Crippen LogP contribution in [0.1, 0.15) is 39.5 Å². The van der Waals surface area contributed by atoms with E-state index in [2.05, 4.69) is 61.7 Å². The second-order valence-electron chi connectivity index (χ2n) is 5.89. The third-order valence-electron chi connectivity index (χ3n) is 3.68. The van der Waals surface area contributed by atoms with Gasteiger partial charge in [0.1, 0.15) is 5.04 Å². The lowest BCUT2D eigenvalue weighted by molar-refractivity contribution is 0.707. The molecule has 1 nitrogen and oxygen atoms in total. The Balaban J connectivity index is 2.05. The summed E-state index contributed by atoms with van der Waals surface area (Å²) in [7, 11) is 0. The first-order valence-electron chi connectivity index (χ1n) is 8.95. The zero-order chi connectivity index (χ0) is 17.7. The van der Waals surface area contributed by atoms with E-state index in [1.807, 2.05) is 30.0 Å².